The highest BCUT2D eigenvalue weighted by Crippen LogP contribution is 2.10. The van der Waals surface area contributed by atoms with Gasteiger partial charge < -0.3 is 15.6 Å². The summed E-state index contributed by atoms with van der Waals surface area (Å²) >= 11 is 0. The molecule has 0 aliphatic rings. The first kappa shape index (κ1) is 9.59. The molecule has 0 aromatic carbocycles. The predicted molar refractivity (Wildman–Crippen MR) is 40.0 cm³/mol. The van der Waals surface area contributed by atoms with E-state index in [0.717, 1.165) is 12.8 Å². The van der Waals surface area contributed by atoms with E-state index in [1.807, 2.05) is 13.8 Å². The number of nitrogens with one attached hydrogen (secondary N) is 1. The van der Waals surface area contributed by atoms with Gasteiger partial charge in [-0.1, -0.05) is 13.8 Å². The second kappa shape index (κ2) is 4.41. The quantitative estimate of drug-likeness (QED) is 0.404. The van der Waals surface area contributed by atoms with Crippen LogP contribution in [-0.2, 0) is 0 Å². The lowest BCUT2D eigenvalue weighted by atomic mass is 9.97. The second-order valence-corrected chi connectivity index (χ2v) is 2.34. The zero-order valence-electron chi connectivity index (χ0n) is 6.46. The molecule has 0 saturated heterocycles. The maximum atomic E-state index is 8.58. The Morgan fingerprint density at radius 2 is 1.70 bits per heavy atom. The van der Waals surface area contributed by atoms with Crippen LogP contribution in [0.15, 0.2) is 0 Å². The van der Waals surface area contributed by atoms with Crippen LogP contribution in [-0.4, -0.2) is 22.2 Å². The maximum Gasteiger partial charge on any atom is 0.191 e. The summed E-state index contributed by atoms with van der Waals surface area (Å²) in [5, 5.41) is 24.4. The third-order valence-corrected chi connectivity index (χ3v) is 1.70. The molecule has 0 amide bonds. The smallest absolute Gasteiger partial charge is 0.191 e. The lowest BCUT2D eigenvalue weighted by Gasteiger charge is -2.14. The van der Waals surface area contributed by atoms with Crippen molar-refractivity contribution in [3.05, 3.63) is 0 Å². The van der Waals surface area contributed by atoms with Crippen LogP contribution in [0.3, 0.4) is 0 Å². The van der Waals surface area contributed by atoms with Crippen molar-refractivity contribution in [2.45, 2.75) is 33.0 Å². The molecule has 10 heavy (non-hydrogen) atoms. The Balaban J connectivity index is 3.89. The molecule has 0 aromatic heterocycles. The fraction of sp³-hybridized carbons (Fsp3) is 0.857. The van der Waals surface area contributed by atoms with E-state index in [9.17, 15) is 0 Å². The van der Waals surface area contributed by atoms with Gasteiger partial charge in [-0.15, -0.1) is 0 Å². The first-order valence-corrected chi connectivity index (χ1v) is 3.57. The van der Waals surface area contributed by atoms with Gasteiger partial charge in [0.1, 0.15) is 0 Å². The van der Waals surface area contributed by atoms with Crippen LogP contribution in [0.25, 0.3) is 0 Å². The normalized spacial score (nSPS) is 11.0. The van der Waals surface area contributed by atoms with Crippen molar-refractivity contribution in [3.63, 3.8) is 0 Å². The molecule has 0 bridgehead atoms. The summed E-state index contributed by atoms with van der Waals surface area (Å²) in [5.41, 5.74) is 0.0324. The molecule has 0 atom stereocenters. The van der Waals surface area contributed by atoms with Gasteiger partial charge in [0, 0.05) is 5.92 Å². The number of aliphatic hydroxyl groups is 2. The van der Waals surface area contributed by atoms with Gasteiger partial charge in [0.2, 0.25) is 0 Å². The molecule has 3 N–H and O–H groups in total. The second-order valence-electron chi connectivity index (χ2n) is 2.34. The van der Waals surface area contributed by atoms with Crippen molar-refractivity contribution in [2.75, 3.05) is 0 Å². The largest absolute Gasteiger partial charge is 0.363 e. The molecule has 3 nitrogen and oxygen atoms in total. The summed E-state index contributed by atoms with van der Waals surface area (Å²) in [4.78, 5) is 0. The predicted octanol–water partition coefficient (Wildman–Crippen LogP) is 0.753. The average molecular weight is 145 g/mol. The monoisotopic (exact) mass is 145 g/mol. The minimum Gasteiger partial charge on any atom is -0.363 e. The SMILES string of the molecule is CCC(CC)C(=N)C(O)O. The molecule has 0 rings (SSSR count). The van der Waals surface area contributed by atoms with Crippen LogP contribution in [0.1, 0.15) is 26.7 Å². The van der Waals surface area contributed by atoms with Crippen molar-refractivity contribution >= 4 is 5.71 Å². The lowest BCUT2D eigenvalue weighted by Crippen LogP contribution is -2.26. The molecule has 3 heteroatoms. The molecule has 0 aliphatic carbocycles. The fourth-order valence-corrected chi connectivity index (χ4v) is 0.939. The molecule has 0 radical (unpaired) electrons. The van der Waals surface area contributed by atoms with Crippen molar-refractivity contribution in [2.24, 2.45) is 5.92 Å². The van der Waals surface area contributed by atoms with Gasteiger partial charge in [-0.3, -0.25) is 0 Å². The maximum absolute atomic E-state index is 8.58. The van der Waals surface area contributed by atoms with E-state index in [1.54, 1.807) is 0 Å². The Hall–Kier alpha value is -0.410. The van der Waals surface area contributed by atoms with Crippen LogP contribution >= 0.6 is 0 Å². The van der Waals surface area contributed by atoms with Gasteiger partial charge in [0.15, 0.2) is 6.29 Å². The number of hydrogen-bond acceptors (Lipinski definition) is 3. The van der Waals surface area contributed by atoms with Gasteiger partial charge in [-0.05, 0) is 12.8 Å². The summed E-state index contributed by atoms with van der Waals surface area (Å²) in [6.45, 7) is 3.87. The zero-order chi connectivity index (χ0) is 8.15. The molecule has 0 aromatic rings. The van der Waals surface area contributed by atoms with E-state index in [0.29, 0.717) is 0 Å². The van der Waals surface area contributed by atoms with Crippen LogP contribution in [0.4, 0.5) is 0 Å². The van der Waals surface area contributed by atoms with Crippen LogP contribution < -0.4 is 0 Å². The molecular weight excluding hydrogens is 130 g/mol. The van der Waals surface area contributed by atoms with Gasteiger partial charge in [0.25, 0.3) is 0 Å². The number of hydrogen-bond donors (Lipinski definition) is 3. The molecule has 0 unspecified atom stereocenters. The Kier molecular flexibility index (Phi) is 4.23. The minimum atomic E-state index is -1.56. The van der Waals surface area contributed by atoms with Gasteiger partial charge >= 0.3 is 0 Å². The molecular formula is C7H15NO2. The number of aliphatic hydroxyl groups excluding tert-OH is 1. The minimum absolute atomic E-state index is 0.0278. The van der Waals surface area contributed by atoms with Crippen molar-refractivity contribution in [1.29, 1.82) is 5.41 Å². The Bertz CT molecular complexity index is 108. The highest BCUT2D eigenvalue weighted by atomic mass is 16.5. The van der Waals surface area contributed by atoms with E-state index in [-0.39, 0.29) is 11.6 Å². The van der Waals surface area contributed by atoms with E-state index in [2.05, 4.69) is 0 Å². The summed E-state index contributed by atoms with van der Waals surface area (Å²) < 4.78 is 0. The first-order chi connectivity index (χ1) is 4.63. The molecule has 0 fully saturated rings. The van der Waals surface area contributed by atoms with E-state index < -0.39 is 6.29 Å². The highest BCUT2D eigenvalue weighted by molar-refractivity contribution is 5.86. The Morgan fingerprint density at radius 1 is 1.30 bits per heavy atom. The van der Waals surface area contributed by atoms with E-state index in [4.69, 9.17) is 15.6 Å². The Morgan fingerprint density at radius 3 is 1.80 bits per heavy atom. The third-order valence-electron chi connectivity index (χ3n) is 1.70. The molecule has 0 aliphatic heterocycles. The van der Waals surface area contributed by atoms with Crippen molar-refractivity contribution in [3.8, 4) is 0 Å². The van der Waals surface area contributed by atoms with E-state index in [1.165, 1.54) is 0 Å². The summed E-state index contributed by atoms with van der Waals surface area (Å²) in [6, 6.07) is 0. The molecule has 0 spiro atoms. The third kappa shape index (κ3) is 2.45. The first-order valence-electron chi connectivity index (χ1n) is 3.57. The molecule has 0 saturated carbocycles. The highest BCUT2D eigenvalue weighted by Gasteiger charge is 2.15. The Labute approximate surface area is 61.2 Å². The van der Waals surface area contributed by atoms with Gasteiger partial charge in [-0.25, -0.2) is 0 Å². The van der Waals surface area contributed by atoms with Gasteiger partial charge in [0.05, 0.1) is 5.71 Å². The average Bonchev–Trinajstić information content (AvgIpc) is 1.90. The topological polar surface area (TPSA) is 64.3 Å². The molecule has 0 heterocycles. The zero-order valence-corrected chi connectivity index (χ0v) is 6.46. The van der Waals surface area contributed by atoms with E-state index >= 15 is 0 Å². The van der Waals surface area contributed by atoms with Gasteiger partial charge in [-0.2, -0.15) is 0 Å². The van der Waals surface area contributed by atoms with Crippen LogP contribution in [0.2, 0.25) is 0 Å². The van der Waals surface area contributed by atoms with Crippen molar-refractivity contribution in [1.82, 2.24) is 0 Å². The fourth-order valence-electron chi connectivity index (χ4n) is 0.939. The van der Waals surface area contributed by atoms with Crippen molar-refractivity contribution < 1.29 is 10.2 Å². The molecule has 60 valence electrons. The summed E-state index contributed by atoms with van der Waals surface area (Å²) in [7, 11) is 0. The van der Waals surface area contributed by atoms with Crippen LogP contribution in [0, 0.1) is 11.3 Å². The van der Waals surface area contributed by atoms with Crippen LogP contribution in [0.5, 0.6) is 0 Å². The number of rotatable bonds is 4. The standard InChI is InChI=1S/C7H15NO2/c1-3-5(4-2)6(8)7(9)10/h5,7-10H,3-4H2,1-2H3. The summed E-state index contributed by atoms with van der Waals surface area (Å²) in [5.74, 6) is 0.0278. The lowest BCUT2D eigenvalue weighted by molar-refractivity contribution is 0.0146. The summed E-state index contributed by atoms with van der Waals surface area (Å²) in [6.07, 6.45) is 0.0322.